The lowest BCUT2D eigenvalue weighted by molar-refractivity contribution is -0.119. The van der Waals surface area contributed by atoms with E-state index in [2.05, 4.69) is 20.8 Å². The Morgan fingerprint density at radius 1 is 1.18 bits per heavy atom. The molecule has 28 heavy (non-hydrogen) atoms. The first kappa shape index (κ1) is 20.2. The van der Waals surface area contributed by atoms with E-state index in [4.69, 9.17) is 5.84 Å². The van der Waals surface area contributed by atoms with E-state index in [1.54, 1.807) is 6.92 Å². The minimum Gasteiger partial charge on any atom is -0.335 e. The minimum atomic E-state index is -0.547. The molecule has 0 saturated heterocycles. The standard InChI is InChI=1S/C19H26N6O2S/c1-12-8-10-14(11-9-12)16-23-24-19(25(16)20)28-13(2)17(26)22-18(27)21-15-6-4-3-5-7-15/h8-11,13,15H,3-7,20H2,1-2H3,(H2,21,22,26,27)/t13-/m1/s1. The zero-order valence-corrected chi connectivity index (χ0v) is 17.0. The number of hydrogen-bond donors (Lipinski definition) is 3. The van der Waals surface area contributed by atoms with E-state index in [1.165, 1.54) is 11.1 Å². The highest BCUT2D eigenvalue weighted by molar-refractivity contribution is 8.00. The van der Waals surface area contributed by atoms with Gasteiger partial charge >= 0.3 is 6.03 Å². The van der Waals surface area contributed by atoms with Gasteiger partial charge in [-0.25, -0.2) is 9.47 Å². The molecule has 0 unspecified atom stereocenters. The summed E-state index contributed by atoms with van der Waals surface area (Å²) in [6.45, 7) is 3.71. The molecule has 0 aliphatic heterocycles. The molecule has 1 fully saturated rings. The van der Waals surface area contributed by atoms with Gasteiger partial charge in [-0.15, -0.1) is 10.2 Å². The number of amides is 3. The van der Waals surface area contributed by atoms with Gasteiger partial charge in [-0.2, -0.15) is 0 Å². The van der Waals surface area contributed by atoms with E-state index < -0.39 is 17.2 Å². The third-order valence-electron chi connectivity index (χ3n) is 4.80. The van der Waals surface area contributed by atoms with Crippen LogP contribution in [0.5, 0.6) is 0 Å². The number of imide groups is 1. The summed E-state index contributed by atoms with van der Waals surface area (Å²) in [5.74, 6) is 6.23. The van der Waals surface area contributed by atoms with Crippen molar-refractivity contribution >= 4 is 23.7 Å². The van der Waals surface area contributed by atoms with E-state index >= 15 is 0 Å². The summed E-state index contributed by atoms with van der Waals surface area (Å²) in [6, 6.07) is 7.48. The van der Waals surface area contributed by atoms with Crippen LogP contribution in [0.2, 0.25) is 0 Å². The predicted molar refractivity (Wildman–Crippen MR) is 109 cm³/mol. The smallest absolute Gasteiger partial charge is 0.321 e. The topological polar surface area (TPSA) is 115 Å². The Hall–Kier alpha value is -2.55. The van der Waals surface area contributed by atoms with Gasteiger partial charge in [0.2, 0.25) is 11.1 Å². The van der Waals surface area contributed by atoms with Gasteiger partial charge in [0.15, 0.2) is 5.82 Å². The van der Waals surface area contributed by atoms with Crippen LogP contribution in [0.1, 0.15) is 44.6 Å². The number of rotatable bonds is 5. The first-order chi connectivity index (χ1) is 13.4. The third-order valence-corrected chi connectivity index (χ3v) is 5.86. The zero-order chi connectivity index (χ0) is 20.1. The Balaban J connectivity index is 1.56. The largest absolute Gasteiger partial charge is 0.335 e. The Morgan fingerprint density at radius 3 is 2.54 bits per heavy atom. The van der Waals surface area contributed by atoms with Crippen LogP contribution in [0.25, 0.3) is 11.4 Å². The SMILES string of the molecule is Cc1ccc(-c2nnc(S[C@H](C)C(=O)NC(=O)NC3CCCCC3)n2N)cc1. The summed E-state index contributed by atoms with van der Waals surface area (Å²) in [6.07, 6.45) is 5.35. The fraction of sp³-hybridized carbons (Fsp3) is 0.474. The molecule has 1 heterocycles. The Kier molecular flexibility index (Phi) is 6.56. The van der Waals surface area contributed by atoms with Gasteiger partial charge in [-0.05, 0) is 26.7 Å². The summed E-state index contributed by atoms with van der Waals surface area (Å²) in [4.78, 5) is 24.4. The zero-order valence-electron chi connectivity index (χ0n) is 16.1. The molecule has 4 N–H and O–H groups in total. The van der Waals surface area contributed by atoms with Crippen molar-refractivity contribution in [2.75, 3.05) is 5.84 Å². The number of hydrogen-bond acceptors (Lipinski definition) is 6. The molecule has 9 heteroatoms. The number of nitrogens with zero attached hydrogens (tertiary/aromatic N) is 3. The Labute approximate surface area is 168 Å². The fourth-order valence-electron chi connectivity index (χ4n) is 3.15. The monoisotopic (exact) mass is 402 g/mol. The van der Waals surface area contributed by atoms with Gasteiger partial charge in [0, 0.05) is 11.6 Å². The maximum Gasteiger partial charge on any atom is 0.321 e. The second kappa shape index (κ2) is 9.09. The molecule has 8 nitrogen and oxygen atoms in total. The quantitative estimate of drug-likeness (QED) is 0.523. The molecule has 0 spiro atoms. The molecular weight excluding hydrogens is 376 g/mol. The van der Waals surface area contributed by atoms with Crippen molar-refractivity contribution in [2.24, 2.45) is 0 Å². The molecule has 3 rings (SSSR count). The van der Waals surface area contributed by atoms with Crippen LogP contribution in [-0.4, -0.2) is 38.1 Å². The van der Waals surface area contributed by atoms with E-state index in [0.717, 1.165) is 48.6 Å². The van der Waals surface area contributed by atoms with Crippen LogP contribution >= 0.6 is 11.8 Å². The van der Waals surface area contributed by atoms with Crippen molar-refractivity contribution in [1.82, 2.24) is 25.5 Å². The highest BCUT2D eigenvalue weighted by Gasteiger charge is 2.23. The summed E-state index contributed by atoms with van der Waals surface area (Å²) >= 11 is 1.16. The molecule has 2 aromatic rings. The van der Waals surface area contributed by atoms with E-state index in [1.807, 2.05) is 31.2 Å². The normalized spacial score (nSPS) is 15.8. The van der Waals surface area contributed by atoms with Crippen molar-refractivity contribution in [1.29, 1.82) is 0 Å². The van der Waals surface area contributed by atoms with Gasteiger partial charge < -0.3 is 11.2 Å². The molecule has 1 aromatic carbocycles. The number of aryl methyl sites for hydroxylation is 1. The Morgan fingerprint density at radius 2 is 1.86 bits per heavy atom. The van der Waals surface area contributed by atoms with Gasteiger partial charge in [0.05, 0.1) is 5.25 Å². The molecule has 3 amide bonds. The molecule has 1 aromatic heterocycles. The molecule has 1 aliphatic carbocycles. The van der Waals surface area contributed by atoms with Crippen molar-refractivity contribution < 1.29 is 9.59 Å². The van der Waals surface area contributed by atoms with Crippen molar-refractivity contribution in [2.45, 2.75) is 62.4 Å². The van der Waals surface area contributed by atoms with Crippen molar-refractivity contribution in [3.63, 3.8) is 0 Å². The second-order valence-electron chi connectivity index (χ2n) is 7.10. The summed E-state index contributed by atoms with van der Waals surface area (Å²) in [7, 11) is 0. The van der Waals surface area contributed by atoms with Crippen LogP contribution in [0.3, 0.4) is 0 Å². The number of aromatic nitrogens is 3. The lowest BCUT2D eigenvalue weighted by Gasteiger charge is -2.22. The van der Waals surface area contributed by atoms with E-state index in [9.17, 15) is 9.59 Å². The van der Waals surface area contributed by atoms with Crippen LogP contribution in [0.15, 0.2) is 29.4 Å². The maximum atomic E-state index is 12.3. The summed E-state index contributed by atoms with van der Waals surface area (Å²) < 4.78 is 1.36. The molecule has 1 atom stereocenters. The van der Waals surface area contributed by atoms with Crippen LogP contribution in [0, 0.1) is 6.92 Å². The molecule has 1 aliphatic rings. The molecule has 0 radical (unpaired) electrons. The lowest BCUT2D eigenvalue weighted by Crippen LogP contribution is -2.47. The number of benzene rings is 1. The second-order valence-corrected chi connectivity index (χ2v) is 8.41. The fourth-order valence-corrected chi connectivity index (χ4v) is 3.92. The number of nitrogens with one attached hydrogen (secondary N) is 2. The van der Waals surface area contributed by atoms with Gasteiger partial charge in [-0.1, -0.05) is 60.9 Å². The van der Waals surface area contributed by atoms with Crippen LogP contribution in [0.4, 0.5) is 4.79 Å². The lowest BCUT2D eigenvalue weighted by atomic mass is 9.96. The predicted octanol–water partition coefficient (Wildman–Crippen LogP) is 2.61. The number of thioether (sulfide) groups is 1. The van der Waals surface area contributed by atoms with Crippen LogP contribution in [-0.2, 0) is 4.79 Å². The van der Waals surface area contributed by atoms with Crippen molar-refractivity contribution in [3.8, 4) is 11.4 Å². The first-order valence-corrected chi connectivity index (χ1v) is 10.4. The number of nitrogens with two attached hydrogens (primary N) is 1. The number of urea groups is 1. The minimum absolute atomic E-state index is 0.147. The van der Waals surface area contributed by atoms with Crippen molar-refractivity contribution in [3.05, 3.63) is 29.8 Å². The van der Waals surface area contributed by atoms with Gasteiger partial charge in [0.1, 0.15) is 0 Å². The summed E-state index contributed by atoms with van der Waals surface area (Å²) in [5.41, 5.74) is 1.98. The highest BCUT2D eigenvalue weighted by atomic mass is 32.2. The van der Waals surface area contributed by atoms with Crippen LogP contribution < -0.4 is 16.5 Å². The van der Waals surface area contributed by atoms with Gasteiger partial charge in [0.25, 0.3) is 0 Å². The average molecular weight is 403 g/mol. The average Bonchev–Trinajstić information content (AvgIpc) is 3.03. The maximum absolute atomic E-state index is 12.3. The number of carbonyl (C=O) groups excluding carboxylic acids is 2. The summed E-state index contributed by atoms with van der Waals surface area (Å²) in [5, 5.41) is 13.3. The molecular formula is C19H26N6O2S. The molecule has 0 bridgehead atoms. The molecule has 1 saturated carbocycles. The highest BCUT2D eigenvalue weighted by Crippen LogP contribution is 2.25. The number of carbonyl (C=O) groups is 2. The third kappa shape index (κ3) is 5.03. The van der Waals surface area contributed by atoms with E-state index in [-0.39, 0.29) is 6.04 Å². The van der Waals surface area contributed by atoms with E-state index in [0.29, 0.717) is 11.0 Å². The first-order valence-electron chi connectivity index (χ1n) is 9.49. The molecule has 150 valence electrons. The van der Waals surface area contributed by atoms with Gasteiger partial charge in [-0.3, -0.25) is 10.1 Å². The number of nitrogen functional groups attached to an aromatic ring is 1. The Bertz CT molecular complexity index is 829.